The average molecular weight is 606 g/mol. The van der Waals surface area contributed by atoms with Gasteiger partial charge in [0, 0.05) is 23.7 Å². The van der Waals surface area contributed by atoms with Crippen LogP contribution in [0.3, 0.4) is 0 Å². The van der Waals surface area contributed by atoms with Crippen molar-refractivity contribution in [1.29, 1.82) is 0 Å². The third-order valence-electron chi connectivity index (χ3n) is 8.36. The fourth-order valence-corrected chi connectivity index (χ4v) is 6.10. The number of nitrogens with one attached hydrogen (secondary N) is 1. The van der Waals surface area contributed by atoms with Gasteiger partial charge in [-0.3, -0.25) is 14.4 Å². The van der Waals surface area contributed by atoms with Crippen molar-refractivity contribution >= 4 is 17.6 Å². The fourth-order valence-electron chi connectivity index (χ4n) is 6.10. The van der Waals surface area contributed by atoms with Gasteiger partial charge in [-0.25, -0.2) is 4.68 Å². The van der Waals surface area contributed by atoms with E-state index in [1.54, 1.807) is 12.1 Å². The molecule has 0 bridgehead atoms. The Morgan fingerprint density at radius 1 is 0.933 bits per heavy atom. The molecule has 1 aliphatic carbocycles. The van der Waals surface area contributed by atoms with E-state index in [-0.39, 0.29) is 30.3 Å². The largest absolute Gasteiger partial charge is 0.460 e. The normalized spacial score (nSPS) is 13.5. The van der Waals surface area contributed by atoms with Crippen LogP contribution in [-0.4, -0.2) is 27.3 Å². The lowest BCUT2D eigenvalue weighted by Gasteiger charge is -2.20. The van der Waals surface area contributed by atoms with E-state index >= 15 is 0 Å². The molecule has 7 nitrogen and oxygen atoms in total. The number of carbonyl (C=O) groups excluding carboxylic acids is 2. The van der Waals surface area contributed by atoms with E-state index < -0.39 is 5.60 Å². The Bertz CT molecular complexity index is 1710. The van der Waals surface area contributed by atoms with Crippen LogP contribution in [0.1, 0.15) is 86.6 Å². The molecule has 0 atom stereocenters. The van der Waals surface area contributed by atoms with Gasteiger partial charge < -0.3 is 10.1 Å². The molecule has 234 valence electrons. The van der Waals surface area contributed by atoms with E-state index in [1.165, 1.54) is 23.1 Å². The maximum Gasteiger partial charge on any atom is 0.306 e. The molecular formula is C38H43N3O4. The molecule has 1 heterocycles. The Morgan fingerprint density at radius 3 is 2.42 bits per heavy atom. The topological polar surface area (TPSA) is 90.3 Å². The molecule has 0 radical (unpaired) electrons. The van der Waals surface area contributed by atoms with Gasteiger partial charge in [0.2, 0.25) is 5.91 Å². The molecule has 0 saturated heterocycles. The minimum Gasteiger partial charge on any atom is -0.460 e. The summed E-state index contributed by atoms with van der Waals surface area (Å²) in [5.41, 5.74) is 6.97. The summed E-state index contributed by atoms with van der Waals surface area (Å²) < 4.78 is 6.97. The molecule has 1 N–H and O–H groups in total. The molecule has 7 heteroatoms. The summed E-state index contributed by atoms with van der Waals surface area (Å²) in [7, 11) is 0. The first-order valence-electron chi connectivity index (χ1n) is 15.9. The number of aromatic nitrogens is 2. The Kier molecular flexibility index (Phi) is 9.96. The minimum atomic E-state index is -0.514. The van der Waals surface area contributed by atoms with Crippen LogP contribution in [0.4, 0.5) is 5.69 Å². The van der Waals surface area contributed by atoms with Gasteiger partial charge in [0.1, 0.15) is 5.60 Å². The average Bonchev–Trinajstić information content (AvgIpc) is 3.54. The second-order valence-electron chi connectivity index (χ2n) is 13.0. The lowest BCUT2D eigenvalue weighted by Crippen LogP contribution is -2.24. The van der Waals surface area contributed by atoms with Crippen molar-refractivity contribution in [2.45, 2.75) is 90.7 Å². The second kappa shape index (κ2) is 14.1. The fraction of sp³-hybridized carbons (Fsp3) is 0.368. The van der Waals surface area contributed by atoms with Crippen molar-refractivity contribution in [2.24, 2.45) is 0 Å². The quantitative estimate of drug-likeness (QED) is 0.191. The van der Waals surface area contributed by atoms with Crippen LogP contribution >= 0.6 is 0 Å². The van der Waals surface area contributed by atoms with Crippen LogP contribution in [0, 0.1) is 6.92 Å². The monoisotopic (exact) mass is 605 g/mol. The zero-order chi connectivity index (χ0) is 32.0. The third kappa shape index (κ3) is 8.56. The van der Waals surface area contributed by atoms with Crippen molar-refractivity contribution < 1.29 is 14.3 Å². The van der Waals surface area contributed by atoms with Crippen molar-refractivity contribution in [3.8, 4) is 11.3 Å². The summed E-state index contributed by atoms with van der Waals surface area (Å²) in [5, 5.41) is 7.77. The summed E-state index contributed by atoms with van der Waals surface area (Å²) in [5.74, 6) is 0.0811. The van der Waals surface area contributed by atoms with Crippen LogP contribution < -0.4 is 10.9 Å². The summed E-state index contributed by atoms with van der Waals surface area (Å²) >= 11 is 0. The third-order valence-corrected chi connectivity index (χ3v) is 8.36. The predicted molar refractivity (Wildman–Crippen MR) is 178 cm³/mol. The number of anilines is 1. The molecule has 1 amide bonds. The number of rotatable bonds is 10. The van der Waals surface area contributed by atoms with Gasteiger partial charge in [0.15, 0.2) is 0 Å². The molecule has 1 aromatic heterocycles. The molecule has 0 aliphatic heterocycles. The Hall–Kier alpha value is -4.52. The van der Waals surface area contributed by atoms with Crippen molar-refractivity contribution in [3.63, 3.8) is 0 Å². The number of amides is 1. The number of nitrogens with zero attached hydrogens (tertiary/aromatic N) is 2. The summed E-state index contributed by atoms with van der Waals surface area (Å²) in [4.78, 5) is 38.4. The Labute approximate surface area is 265 Å². The van der Waals surface area contributed by atoms with E-state index in [9.17, 15) is 14.4 Å². The lowest BCUT2D eigenvalue weighted by atomic mass is 9.89. The number of ether oxygens (including phenoxy) is 1. The number of benzene rings is 3. The van der Waals surface area contributed by atoms with Gasteiger partial charge in [-0.2, -0.15) is 5.10 Å². The highest BCUT2D eigenvalue weighted by molar-refractivity contribution is 5.93. The molecule has 3 aromatic carbocycles. The van der Waals surface area contributed by atoms with Gasteiger partial charge in [-0.1, -0.05) is 73.5 Å². The highest BCUT2D eigenvalue weighted by atomic mass is 16.6. The molecule has 1 fully saturated rings. The van der Waals surface area contributed by atoms with Crippen LogP contribution in [0.5, 0.6) is 0 Å². The highest BCUT2D eigenvalue weighted by Crippen LogP contribution is 2.37. The van der Waals surface area contributed by atoms with Crippen LogP contribution in [0.15, 0.2) is 83.7 Å². The first-order chi connectivity index (χ1) is 21.6. The number of aryl methyl sites for hydroxylation is 1. The molecule has 0 unspecified atom stereocenters. The molecular weight excluding hydrogens is 562 g/mol. The maximum atomic E-state index is 13.4. The number of carbonyl (C=O) groups is 2. The van der Waals surface area contributed by atoms with Gasteiger partial charge >= 0.3 is 5.97 Å². The van der Waals surface area contributed by atoms with E-state index in [0.29, 0.717) is 18.9 Å². The summed E-state index contributed by atoms with van der Waals surface area (Å²) in [6.07, 6.45) is 5.63. The SMILES string of the molecule is Cc1c(CCC(=O)OC(C)(C)C)cccc1NC(=O)Cc1ccc(Cn2nc(-c3ccccc3)ccc2=O)cc1C1CCCC1. The van der Waals surface area contributed by atoms with E-state index in [2.05, 4.69) is 16.5 Å². The van der Waals surface area contributed by atoms with Gasteiger partial charge in [0.25, 0.3) is 5.56 Å². The molecule has 0 spiro atoms. The van der Waals surface area contributed by atoms with Gasteiger partial charge in [-0.15, -0.1) is 0 Å². The van der Waals surface area contributed by atoms with E-state index in [4.69, 9.17) is 4.74 Å². The molecule has 45 heavy (non-hydrogen) atoms. The smallest absolute Gasteiger partial charge is 0.306 e. The van der Waals surface area contributed by atoms with Crippen molar-refractivity contribution in [1.82, 2.24) is 9.78 Å². The maximum absolute atomic E-state index is 13.4. The van der Waals surface area contributed by atoms with E-state index in [0.717, 1.165) is 52.0 Å². The molecule has 4 aromatic rings. The lowest BCUT2D eigenvalue weighted by molar-refractivity contribution is -0.154. The first kappa shape index (κ1) is 31.9. The van der Waals surface area contributed by atoms with Crippen LogP contribution in [0.2, 0.25) is 0 Å². The highest BCUT2D eigenvalue weighted by Gasteiger charge is 2.22. The summed E-state index contributed by atoms with van der Waals surface area (Å²) in [6, 6.07) is 25.2. The minimum absolute atomic E-state index is 0.0807. The summed E-state index contributed by atoms with van der Waals surface area (Å²) in [6.45, 7) is 7.92. The first-order valence-corrected chi connectivity index (χ1v) is 15.9. The zero-order valence-corrected chi connectivity index (χ0v) is 26.8. The standard InChI is InChI=1S/C38H43N3O4/c1-26-28(19-22-37(44)45-38(2,3)4)15-10-16-33(26)39-35(42)24-31-18-17-27(23-32(31)29-11-8-9-12-29)25-41-36(43)21-20-34(40-41)30-13-6-5-7-14-30/h5-7,10,13-18,20-21,23,29H,8-9,11-12,19,22,24-25H2,1-4H3,(H,39,42). The molecule has 5 rings (SSSR count). The Balaban J connectivity index is 1.31. The molecule has 1 aliphatic rings. The van der Waals surface area contributed by atoms with Crippen LogP contribution in [-0.2, 0) is 33.7 Å². The van der Waals surface area contributed by atoms with Crippen LogP contribution in [0.25, 0.3) is 11.3 Å². The second-order valence-corrected chi connectivity index (χ2v) is 13.0. The van der Waals surface area contributed by atoms with Gasteiger partial charge in [0.05, 0.1) is 18.7 Å². The van der Waals surface area contributed by atoms with Crippen molar-refractivity contribution in [3.05, 3.63) is 117 Å². The van der Waals surface area contributed by atoms with E-state index in [1.807, 2.05) is 88.4 Å². The molecule has 1 saturated carbocycles. The number of hydrogen-bond acceptors (Lipinski definition) is 5. The predicted octanol–water partition coefficient (Wildman–Crippen LogP) is 7.38. The Morgan fingerprint density at radius 2 is 1.69 bits per heavy atom. The number of hydrogen-bond donors (Lipinski definition) is 1. The van der Waals surface area contributed by atoms with Crippen molar-refractivity contribution in [2.75, 3.05) is 5.32 Å². The zero-order valence-electron chi connectivity index (χ0n) is 26.8. The number of esters is 1. The van der Waals surface area contributed by atoms with Gasteiger partial charge in [-0.05, 0) is 92.8 Å².